The van der Waals surface area contributed by atoms with Crippen LogP contribution in [-0.4, -0.2) is 84.3 Å². The first-order valence-electron chi connectivity index (χ1n) is 11.7. The monoisotopic (exact) mass is 479 g/mol. The molecule has 1 N–H and O–H groups in total. The third-order valence-electron chi connectivity index (χ3n) is 6.05. The van der Waals surface area contributed by atoms with E-state index in [1.807, 2.05) is 37.3 Å². The normalized spacial score (nSPS) is 18.3. The van der Waals surface area contributed by atoms with Gasteiger partial charge in [0.05, 0.1) is 25.6 Å². The van der Waals surface area contributed by atoms with Crippen LogP contribution in [0.5, 0.6) is 5.88 Å². The molecule has 186 valence electrons. The standard InChI is InChI=1S/C27H33N3O5/c1-19-16-30(20(2)18-31)27(33)23-13-22(11-8-12-34-4)15-28-26(23)35-24(19)17-29(3)25(32)14-21-9-6-5-7-10-21/h5-7,9-10,13,15,19-20,24,31H,12,14,16-18H2,1-4H3/t19-,20-,24+/m1/s1. The number of aromatic nitrogens is 1. The van der Waals surface area contributed by atoms with E-state index in [0.29, 0.717) is 25.1 Å². The molecule has 3 rings (SSSR count). The Hall–Kier alpha value is -3.41. The zero-order valence-corrected chi connectivity index (χ0v) is 20.7. The summed E-state index contributed by atoms with van der Waals surface area (Å²) in [5, 5.41) is 9.79. The lowest BCUT2D eigenvalue weighted by molar-refractivity contribution is -0.130. The molecule has 0 saturated carbocycles. The number of ether oxygens (including phenoxy) is 2. The van der Waals surface area contributed by atoms with Crippen LogP contribution in [0.25, 0.3) is 0 Å². The highest BCUT2D eigenvalue weighted by Crippen LogP contribution is 2.27. The number of fused-ring (bicyclic) bond motifs is 1. The van der Waals surface area contributed by atoms with Gasteiger partial charge < -0.3 is 24.4 Å². The van der Waals surface area contributed by atoms with Crippen LogP contribution in [0.1, 0.15) is 35.3 Å². The van der Waals surface area contributed by atoms with Crippen molar-refractivity contribution >= 4 is 11.8 Å². The highest BCUT2D eigenvalue weighted by Gasteiger charge is 2.34. The molecule has 1 aliphatic heterocycles. The van der Waals surface area contributed by atoms with Crippen molar-refractivity contribution in [2.24, 2.45) is 5.92 Å². The van der Waals surface area contributed by atoms with E-state index in [1.165, 1.54) is 0 Å². The van der Waals surface area contributed by atoms with Crippen LogP contribution in [0, 0.1) is 17.8 Å². The third kappa shape index (κ3) is 6.81. The Bertz CT molecular complexity index is 1080. The molecule has 35 heavy (non-hydrogen) atoms. The molecule has 2 heterocycles. The number of rotatable bonds is 7. The maximum absolute atomic E-state index is 13.4. The van der Waals surface area contributed by atoms with Crippen molar-refractivity contribution in [1.29, 1.82) is 0 Å². The molecular formula is C27H33N3O5. The van der Waals surface area contributed by atoms with E-state index >= 15 is 0 Å². The lowest BCUT2D eigenvalue weighted by Gasteiger charge is -2.37. The largest absolute Gasteiger partial charge is 0.472 e. The Morgan fingerprint density at radius 3 is 2.80 bits per heavy atom. The van der Waals surface area contributed by atoms with Gasteiger partial charge >= 0.3 is 0 Å². The molecular weight excluding hydrogens is 446 g/mol. The SMILES string of the molecule is COCC#Cc1cnc2c(c1)C(=O)N([C@H](C)CO)C[C@@H](C)[C@H](CN(C)C(=O)Cc1ccccc1)O2. The number of carbonyl (C=O) groups excluding carboxylic acids is 2. The molecule has 2 amide bonds. The van der Waals surface area contributed by atoms with Gasteiger partial charge in [-0.05, 0) is 18.6 Å². The maximum atomic E-state index is 13.4. The summed E-state index contributed by atoms with van der Waals surface area (Å²) in [6, 6.07) is 10.8. The number of methoxy groups -OCH3 is 1. The van der Waals surface area contributed by atoms with Crippen molar-refractivity contribution in [2.75, 3.05) is 40.5 Å². The first-order chi connectivity index (χ1) is 16.8. The minimum absolute atomic E-state index is 0.0253. The summed E-state index contributed by atoms with van der Waals surface area (Å²) in [4.78, 5) is 34.0. The molecule has 0 radical (unpaired) electrons. The van der Waals surface area contributed by atoms with Crippen LogP contribution >= 0.6 is 0 Å². The lowest BCUT2D eigenvalue weighted by atomic mass is 9.99. The average molecular weight is 480 g/mol. The molecule has 8 heteroatoms. The Balaban J connectivity index is 1.87. The van der Waals surface area contributed by atoms with Gasteiger partial charge in [0.1, 0.15) is 18.3 Å². The first kappa shape index (κ1) is 26.2. The fourth-order valence-corrected chi connectivity index (χ4v) is 3.88. The van der Waals surface area contributed by atoms with Gasteiger partial charge in [0, 0.05) is 38.4 Å². The number of benzene rings is 1. The molecule has 2 aromatic rings. The number of pyridine rings is 1. The minimum Gasteiger partial charge on any atom is -0.472 e. The van der Waals surface area contributed by atoms with Crippen molar-refractivity contribution in [3.8, 4) is 17.7 Å². The average Bonchev–Trinajstić information content (AvgIpc) is 2.86. The second kappa shape index (κ2) is 12.3. The fraction of sp³-hybridized carbons (Fsp3) is 0.444. The number of nitrogens with zero attached hydrogens (tertiary/aromatic N) is 3. The van der Waals surface area contributed by atoms with Crippen molar-refractivity contribution in [3.05, 3.63) is 59.3 Å². The van der Waals surface area contributed by atoms with Gasteiger partial charge in [0.25, 0.3) is 5.91 Å². The Kier molecular flexibility index (Phi) is 9.24. The van der Waals surface area contributed by atoms with E-state index in [2.05, 4.69) is 16.8 Å². The van der Waals surface area contributed by atoms with Gasteiger partial charge in [0.2, 0.25) is 11.8 Å². The zero-order chi connectivity index (χ0) is 25.4. The van der Waals surface area contributed by atoms with Gasteiger partial charge in [-0.25, -0.2) is 4.98 Å². The summed E-state index contributed by atoms with van der Waals surface area (Å²) in [5.41, 5.74) is 1.79. The molecule has 1 aliphatic rings. The molecule has 3 atom stereocenters. The highest BCUT2D eigenvalue weighted by molar-refractivity contribution is 5.97. The number of aliphatic hydroxyl groups is 1. The van der Waals surface area contributed by atoms with Crippen molar-refractivity contribution in [2.45, 2.75) is 32.4 Å². The minimum atomic E-state index is -0.405. The summed E-state index contributed by atoms with van der Waals surface area (Å²) in [7, 11) is 3.31. The van der Waals surface area contributed by atoms with Crippen LogP contribution in [0.2, 0.25) is 0 Å². The van der Waals surface area contributed by atoms with Crippen LogP contribution in [-0.2, 0) is 16.0 Å². The molecule has 0 fully saturated rings. The quantitative estimate of drug-likeness (QED) is 0.611. The van der Waals surface area contributed by atoms with E-state index in [9.17, 15) is 14.7 Å². The van der Waals surface area contributed by atoms with Gasteiger partial charge in [0.15, 0.2) is 0 Å². The molecule has 1 aromatic carbocycles. The van der Waals surface area contributed by atoms with E-state index in [4.69, 9.17) is 9.47 Å². The van der Waals surface area contributed by atoms with E-state index in [1.54, 1.807) is 43.1 Å². The van der Waals surface area contributed by atoms with E-state index in [0.717, 1.165) is 5.56 Å². The number of aliphatic hydroxyl groups excluding tert-OH is 1. The Morgan fingerprint density at radius 2 is 2.11 bits per heavy atom. The Labute approximate surface area is 206 Å². The summed E-state index contributed by atoms with van der Waals surface area (Å²) < 4.78 is 11.2. The van der Waals surface area contributed by atoms with Crippen LogP contribution in [0.15, 0.2) is 42.6 Å². The summed E-state index contributed by atoms with van der Waals surface area (Å²) >= 11 is 0. The second-order valence-electron chi connectivity index (χ2n) is 8.87. The second-order valence-corrected chi connectivity index (χ2v) is 8.87. The first-order valence-corrected chi connectivity index (χ1v) is 11.7. The van der Waals surface area contributed by atoms with Crippen molar-refractivity contribution in [1.82, 2.24) is 14.8 Å². The number of amides is 2. The van der Waals surface area contributed by atoms with Gasteiger partial charge in [-0.1, -0.05) is 49.1 Å². The molecule has 0 spiro atoms. The summed E-state index contributed by atoms with van der Waals surface area (Å²) in [5.74, 6) is 5.58. The topological polar surface area (TPSA) is 92.2 Å². The van der Waals surface area contributed by atoms with Crippen LogP contribution in [0.3, 0.4) is 0 Å². The molecule has 0 bridgehead atoms. The fourth-order valence-electron chi connectivity index (χ4n) is 3.88. The lowest BCUT2D eigenvalue weighted by Crippen LogP contribution is -2.50. The number of hydrogen-bond acceptors (Lipinski definition) is 6. The van der Waals surface area contributed by atoms with Gasteiger partial charge in [-0.2, -0.15) is 0 Å². The summed E-state index contributed by atoms with van der Waals surface area (Å²) in [6.07, 6.45) is 1.45. The summed E-state index contributed by atoms with van der Waals surface area (Å²) in [6.45, 7) is 4.56. The zero-order valence-electron chi connectivity index (χ0n) is 20.7. The van der Waals surface area contributed by atoms with E-state index < -0.39 is 12.1 Å². The molecule has 1 aromatic heterocycles. The van der Waals surface area contributed by atoms with Crippen molar-refractivity contribution < 1.29 is 24.2 Å². The van der Waals surface area contributed by atoms with E-state index in [-0.39, 0.29) is 42.4 Å². The smallest absolute Gasteiger partial charge is 0.259 e. The highest BCUT2D eigenvalue weighted by atomic mass is 16.5. The predicted octanol–water partition coefficient (Wildman–Crippen LogP) is 2.00. The molecule has 0 saturated heterocycles. The number of hydrogen-bond donors (Lipinski definition) is 1. The third-order valence-corrected chi connectivity index (χ3v) is 6.05. The van der Waals surface area contributed by atoms with Crippen molar-refractivity contribution in [3.63, 3.8) is 0 Å². The van der Waals surface area contributed by atoms with Gasteiger partial charge in [-0.15, -0.1) is 0 Å². The number of carbonyl (C=O) groups is 2. The Morgan fingerprint density at radius 1 is 1.37 bits per heavy atom. The van der Waals surface area contributed by atoms with Gasteiger partial charge in [-0.3, -0.25) is 9.59 Å². The maximum Gasteiger partial charge on any atom is 0.259 e. The predicted molar refractivity (Wildman–Crippen MR) is 132 cm³/mol. The molecule has 0 aliphatic carbocycles. The molecule has 8 nitrogen and oxygen atoms in total. The van der Waals surface area contributed by atoms with Crippen LogP contribution in [0.4, 0.5) is 0 Å². The molecule has 0 unspecified atom stereocenters. The van der Waals surface area contributed by atoms with Crippen LogP contribution < -0.4 is 4.74 Å². The number of likely N-dealkylation sites (N-methyl/N-ethyl adjacent to an activating group) is 1.